The van der Waals surface area contributed by atoms with Crippen LogP contribution in [0.15, 0.2) is 0 Å². The van der Waals surface area contributed by atoms with Crippen LogP contribution in [0.2, 0.25) is 0 Å². The lowest BCUT2D eigenvalue weighted by molar-refractivity contribution is 0.124. The Labute approximate surface area is 72.7 Å². The molecule has 0 spiro atoms. The number of rotatable bonds is 4. The number of hydrogen-bond acceptors (Lipinski definition) is 3. The van der Waals surface area contributed by atoms with E-state index in [1.54, 1.807) is 13.1 Å². The lowest BCUT2D eigenvalue weighted by Gasteiger charge is -2.11. The van der Waals surface area contributed by atoms with Crippen LogP contribution in [0.1, 0.15) is 26.7 Å². The molecule has 0 aromatic rings. The molecule has 4 nitrogen and oxygen atoms in total. The van der Waals surface area contributed by atoms with Gasteiger partial charge in [0, 0.05) is 6.54 Å². The van der Waals surface area contributed by atoms with Gasteiger partial charge in [-0.2, -0.15) is 5.26 Å². The summed E-state index contributed by atoms with van der Waals surface area (Å²) in [7, 11) is 0. The highest BCUT2D eigenvalue weighted by atomic mass is 16.6. The topological polar surface area (TPSA) is 53.3 Å². The van der Waals surface area contributed by atoms with E-state index >= 15 is 0 Å². The van der Waals surface area contributed by atoms with Gasteiger partial charge in [0.15, 0.2) is 6.19 Å². The molecule has 4 heteroatoms. The van der Waals surface area contributed by atoms with Crippen molar-refractivity contribution in [1.82, 2.24) is 4.90 Å². The summed E-state index contributed by atoms with van der Waals surface area (Å²) in [6.07, 6.45) is 3.01. The Morgan fingerprint density at radius 2 is 2.25 bits per heavy atom. The molecule has 0 aliphatic carbocycles. The number of ether oxygens (including phenoxy) is 1. The number of amides is 1. The number of nitriles is 1. The monoisotopic (exact) mass is 170 g/mol. The van der Waals surface area contributed by atoms with Gasteiger partial charge < -0.3 is 4.74 Å². The van der Waals surface area contributed by atoms with Gasteiger partial charge in [0.05, 0.1) is 6.61 Å². The normalized spacial score (nSPS) is 8.75. The Hall–Kier alpha value is -1.24. The van der Waals surface area contributed by atoms with Gasteiger partial charge >= 0.3 is 6.09 Å². The molecule has 0 heterocycles. The van der Waals surface area contributed by atoms with Crippen molar-refractivity contribution in [2.45, 2.75) is 26.7 Å². The smallest absolute Gasteiger partial charge is 0.423 e. The van der Waals surface area contributed by atoms with Gasteiger partial charge in [-0.3, -0.25) is 0 Å². The predicted octanol–water partition coefficient (Wildman–Crippen LogP) is 1.73. The molecule has 0 aliphatic rings. The molecule has 0 rings (SSSR count). The summed E-state index contributed by atoms with van der Waals surface area (Å²) >= 11 is 0. The average molecular weight is 170 g/mol. The second-order valence-corrected chi connectivity index (χ2v) is 2.30. The van der Waals surface area contributed by atoms with Crippen LogP contribution in [-0.2, 0) is 4.74 Å². The van der Waals surface area contributed by atoms with E-state index in [1.807, 2.05) is 6.92 Å². The van der Waals surface area contributed by atoms with Gasteiger partial charge in [-0.1, -0.05) is 13.3 Å². The van der Waals surface area contributed by atoms with Crippen molar-refractivity contribution >= 4 is 6.09 Å². The molecule has 0 unspecified atom stereocenters. The van der Waals surface area contributed by atoms with Crippen molar-refractivity contribution in [2.24, 2.45) is 0 Å². The van der Waals surface area contributed by atoms with Gasteiger partial charge in [0.1, 0.15) is 0 Å². The van der Waals surface area contributed by atoms with Crippen molar-refractivity contribution in [1.29, 1.82) is 5.26 Å². The third kappa shape index (κ3) is 3.81. The minimum absolute atomic E-state index is 0.309. The molecule has 0 atom stereocenters. The first-order chi connectivity index (χ1) is 5.76. The zero-order chi connectivity index (χ0) is 9.40. The van der Waals surface area contributed by atoms with E-state index < -0.39 is 6.09 Å². The molecule has 12 heavy (non-hydrogen) atoms. The minimum atomic E-state index is -0.548. The van der Waals surface area contributed by atoms with Crippen molar-refractivity contribution in [3.8, 4) is 6.19 Å². The Morgan fingerprint density at radius 1 is 1.58 bits per heavy atom. The largest absolute Gasteiger partial charge is 0.449 e. The maximum absolute atomic E-state index is 11.0. The molecule has 0 bridgehead atoms. The lowest BCUT2D eigenvalue weighted by Crippen LogP contribution is -2.27. The van der Waals surface area contributed by atoms with Crippen LogP contribution in [0.3, 0.4) is 0 Å². The zero-order valence-corrected chi connectivity index (χ0v) is 7.54. The zero-order valence-electron chi connectivity index (χ0n) is 7.54. The van der Waals surface area contributed by atoms with E-state index in [2.05, 4.69) is 4.74 Å². The first-order valence-electron chi connectivity index (χ1n) is 4.10. The van der Waals surface area contributed by atoms with Crippen molar-refractivity contribution in [3.63, 3.8) is 0 Å². The van der Waals surface area contributed by atoms with E-state index in [1.165, 1.54) is 0 Å². The van der Waals surface area contributed by atoms with E-state index in [-0.39, 0.29) is 0 Å². The molecular weight excluding hydrogens is 156 g/mol. The summed E-state index contributed by atoms with van der Waals surface area (Å²) in [5.74, 6) is 0. The van der Waals surface area contributed by atoms with Gasteiger partial charge in [0.25, 0.3) is 0 Å². The first-order valence-corrected chi connectivity index (χ1v) is 4.10. The minimum Gasteiger partial charge on any atom is -0.449 e. The van der Waals surface area contributed by atoms with E-state index in [0.717, 1.165) is 17.7 Å². The summed E-state index contributed by atoms with van der Waals surface area (Å²) in [4.78, 5) is 12.0. The van der Waals surface area contributed by atoms with Crippen molar-refractivity contribution < 1.29 is 9.53 Å². The van der Waals surface area contributed by atoms with E-state index in [9.17, 15) is 4.79 Å². The third-order valence-corrected chi connectivity index (χ3v) is 1.34. The lowest BCUT2D eigenvalue weighted by atomic mass is 10.3. The molecule has 0 saturated heterocycles. The highest BCUT2D eigenvalue weighted by molar-refractivity contribution is 5.69. The van der Waals surface area contributed by atoms with Gasteiger partial charge in [-0.15, -0.1) is 0 Å². The molecule has 0 fully saturated rings. The molecule has 1 amide bonds. The molecule has 0 radical (unpaired) electrons. The first kappa shape index (κ1) is 10.8. The summed E-state index contributed by atoms with van der Waals surface area (Å²) in [5, 5.41) is 8.52. The van der Waals surface area contributed by atoms with Crippen LogP contribution in [0.5, 0.6) is 0 Å². The van der Waals surface area contributed by atoms with Crippen molar-refractivity contribution in [3.05, 3.63) is 0 Å². The Morgan fingerprint density at radius 3 is 2.67 bits per heavy atom. The number of unbranched alkanes of at least 4 members (excludes halogenated alkanes) is 1. The predicted molar refractivity (Wildman–Crippen MR) is 44.2 cm³/mol. The second-order valence-electron chi connectivity index (χ2n) is 2.30. The van der Waals surface area contributed by atoms with E-state index in [0.29, 0.717) is 13.2 Å². The average Bonchev–Trinajstić information content (AvgIpc) is 2.06. The number of carbonyl (C=O) groups excluding carboxylic acids is 1. The fourth-order valence-electron chi connectivity index (χ4n) is 0.700. The quantitative estimate of drug-likeness (QED) is 0.477. The van der Waals surface area contributed by atoms with Crippen LogP contribution in [0.25, 0.3) is 0 Å². The van der Waals surface area contributed by atoms with Crippen LogP contribution in [-0.4, -0.2) is 24.1 Å². The Balaban J connectivity index is 3.81. The number of carbonyl (C=O) groups is 1. The summed E-state index contributed by atoms with van der Waals surface area (Å²) < 4.78 is 4.66. The maximum atomic E-state index is 11.0. The van der Waals surface area contributed by atoms with Crippen LogP contribution in [0, 0.1) is 11.5 Å². The summed E-state index contributed by atoms with van der Waals surface area (Å²) in [5.41, 5.74) is 0. The molecular formula is C8H14N2O2. The van der Waals surface area contributed by atoms with Gasteiger partial charge in [-0.05, 0) is 13.3 Å². The molecule has 0 N–H and O–H groups in total. The summed E-state index contributed by atoms with van der Waals surface area (Å²) in [6.45, 7) is 4.48. The summed E-state index contributed by atoms with van der Waals surface area (Å²) in [6, 6.07) is 0. The fourth-order valence-corrected chi connectivity index (χ4v) is 0.700. The molecule has 68 valence electrons. The van der Waals surface area contributed by atoms with Crippen LogP contribution < -0.4 is 0 Å². The Kier molecular flexibility index (Phi) is 5.80. The molecule has 0 aromatic heterocycles. The highest BCUT2D eigenvalue weighted by Crippen LogP contribution is 1.96. The third-order valence-electron chi connectivity index (χ3n) is 1.34. The van der Waals surface area contributed by atoms with E-state index in [4.69, 9.17) is 5.26 Å². The van der Waals surface area contributed by atoms with Crippen LogP contribution in [0.4, 0.5) is 4.79 Å². The molecule has 0 saturated carbocycles. The SMILES string of the molecule is CCCCN(C#N)C(=O)OCC. The van der Waals surface area contributed by atoms with Crippen molar-refractivity contribution in [2.75, 3.05) is 13.2 Å². The van der Waals surface area contributed by atoms with Gasteiger partial charge in [-0.25, -0.2) is 9.69 Å². The second kappa shape index (κ2) is 6.47. The number of hydrogen-bond donors (Lipinski definition) is 0. The Bertz CT molecular complexity index is 174. The van der Waals surface area contributed by atoms with Gasteiger partial charge in [0.2, 0.25) is 0 Å². The number of nitrogens with zero attached hydrogens (tertiary/aromatic N) is 2. The fraction of sp³-hybridized carbons (Fsp3) is 0.750. The maximum Gasteiger partial charge on any atom is 0.423 e. The standard InChI is InChI=1S/C8H14N2O2/c1-3-5-6-10(7-9)8(11)12-4-2/h3-6H2,1-2H3. The molecule has 0 aromatic carbocycles. The van der Waals surface area contributed by atoms with Crippen LogP contribution >= 0.6 is 0 Å². The molecule has 0 aliphatic heterocycles. The highest BCUT2D eigenvalue weighted by Gasteiger charge is 2.11.